The third-order valence-corrected chi connectivity index (χ3v) is 0.373. The van der Waals surface area contributed by atoms with Gasteiger partial charge in [-0.05, 0) is 20.8 Å². The van der Waals surface area contributed by atoms with Crippen LogP contribution in [-0.4, -0.2) is 11.9 Å². The quantitative estimate of drug-likeness (QED) is 0.383. The van der Waals surface area contributed by atoms with Crippen molar-refractivity contribution in [3.63, 3.8) is 0 Å². The van der Waals surface area contributed by atoms with Gasteiger partial charge in [0.25, 0.3) is 0 Å². The second kappa shape index (κ2) is 10.3. The van der Waals surface area contributed by atoms with Gasteiger partial charge in [0.05, 0.1) is 0 Å². The van der Waals surface area contributed by atoms with Crippen LogP contribution >= 0.6 is 0 Å². The molecule has 54 valence electrons. The summed E-state index contributed by atoms with van der Waals surface area (Å²) in [5.74, 6) is 0. The van der Waals surface area contributed by atoms with Crippen LogP contribution in [0.5, 0.6) is 0 Å². The lowest BCUT2D eigenvalue weighted by Crippen LogP contribution is -1.75. The molecule has 0 N–H and O–H groups in total. The van der Waals surface area contributed by atoms with Crippen molar-refractivity contribution >= 4 is 11.9 Å². The third-order valence-electron chi connectivity index (χ3n) is 0.373. The van der Waals surface area contributed by atoms with Gasteiger partial charge in [0.15, 0.2) is 0 Å². The molecule has 0 saturated carbocycles. The summed E-state index contributed by atoms with van der Waals surface area (Å²) in [6.45, 7) is 9.66. The first-order valence-electron chi connectivity index (χ1n) is 3.26. The van der Waals surface area contributed by atoms with E-state index in [1.54, 1.807) is 6.21 Å². The molecule has 0 amide bonds. The monoisotopic (exact) mass is 128 g/mol. The van der Waals surface area contributed by atoms with Gasteiger partial charge in [0, 0.05) is 11.9 Å². The molecular formula is C7H16N2. The number of nitrogens with zero attached hydrogens (tertiary/aromatic N) is 2. The van der Waals surface area contributed by atoms with Crippen LogP contribution in [0.15, 0.2) is 10.2 Å². The molecule has 0 heterocycles. The molecule has 0 aromatic heterocycles. The summed E-state index contributed by atoms with van der Waals surface area (Å²) >= 11 is 0. The summed E-state index contributed by atoms with van der Waals surface area (Å²) in [6, 6.07) is 0. The lowest BCUT2D eigenvalue weighted by Gasteiger charge is -1.77. The first kappa shape index (κ1) is 11.2. The minimum Gasteiger partial charge on any atom is -0.164 e. The minimum atomic E-state index is 0.984. The van der Waals surface area contributed by atoms with E-state index in [1.165, 1.54) is 0 Å². The van der Waals surface area contributed by atoms with Crippen molar-refractivity contribution in [2.75, 3.05) is 0 Å². The molecule has 0 bridgehead atoms. The fourth-order valence-electron chi connectivity index (χ4n) is 0.173. The Kier molecular flexibility index (Phi) is 12.9. The van der Waals surface area contributed by atoms with Gasteiger partial charge in [-0.3, -0.25) is 0 Å². The largest absolute Gasteiger partial charge is 0.164 e. The van der Waals surface area contributed by atoms with Gasteiger partial charge in [0.1, 0.15) is 0 Å². The van der Waals surface area contributed by atoms with Gasteiger partial charge in [-0.1, -0.05) is 13.8 Å². The highest BCUT2D eigenvalue weighted by atomic mass is 15.2. The molecule has 0 aliphatic carbocycles. The highest BCUT2D eigenvalue weighted by molar-refractivity contribution is 5.79. The Balaban J connectivity index is 0. The van der Waals surface area contributed by atoms with Crippen LogP contribution in [0.3, 0.4) is 0 Å². The molecule has 0 atom stereocenters. The van der Waals surface area contributed by atoms with E-state index in [0.29, 0.717) is 0 Å². The molecule has 9 heavy (non-hydrogen) atoms. The first-order valence-corrected chi connectivity index (χ1v) is 3.26. The molecule has 0 aliphatic heterocycles. The fraction of sp³-hybridized carbons (Fsp3) is 0.714. The number of hydrogen-bond donors (Lipinski definition) is 0. The van der Waals surface area contributed by atoms with E-state index in [1.807, 2.05) is 34.6 Å². The maximum atomic E-state index is 3.73. The Bertz CT molecular complexity index is 89.1. The Morgan fingerprint density at radius 2 is 1.67 bits per heavy atom. The molecule has 0 radical (unpaired) electrons. The zero-order valence-electron chi connectivity index (χ0n) is 6.97. The van der Waals surface area contributed by atoms with Crippen LogP contribution in [0.25, 0.3) is 0 Å². The van der Waals surface area contributed by atoms with E-state index in [-0.39, 0.29) is 0 Å². The average Bonchev–Trinajstić information content (AvgIpc) is 1.88. The molecule has 0 rings (SSSR count). The third kappa shape index (κ3) is 18.8. The summed E-state index contributed by atoms with van der Waals surface area (Å²) < 4.78 is 0. The summed E-state index contributed by atoms with van der Waals surface area (Å²) in [6.07, 6.45) is 1.66. The maximum absolute atomic E-state index is 3.73. The van der Waals surface area contributed by atoms with Crippen LogP contribution in [0.2, 0.25) is 0 Å². The molecule has 2 heteroatoms. The van der Waals surface area contributed by atoms with Crippen LogP contribution in [0.1, 0.15) is 34.6 Å². The van der Waals surface area contributed by atoms with Crippen molar-refractivity contribution < 1.29 is 0 Å². The molecular weight excluding hydrogens is 112 g/mol. The summed E-state index contributed by atoms with van der Waals surface area (Å²) in [5.41, 5.74) is 0.984. The molecule has 0 unspecified atom stereocenters. The summed E-state index contributed by atoms with van der Waals surface area (Å²) in [4.78, 5) is 0. The normalized spacial score (nSPS) is 8.11. The van der Waals surface area contributed by atoms with Crippen LogP contribution in [0.4, 0.5) is 0 Å². The van der Waals surface area contributed by atoms with Crippen LogP contribution in [0, 0.1) is 0 Å². The summed E-state index contributed by atoms with van der Waals surface area (Å²) in [5, 5.41) is 7.36. The van der Waals surface area contributed by atoms with Crippen LogP contribution < -0.4 is 0 Å². The van der Waals surface area contributed by atoms with E-state index in [9.17, 15) is 0 Å². The van der Waals surface area contributed by atoms with Gasteiger partial charge in [-0.25, -0.2) is 0 Å². The van der Waals surface area contributed by atoms with Gasteiger partial charge in [-0.15, -0.1) is 0 Å². The van der Waals surface area contributed by atoms with Gasteiger partial charge >= 0.3 is 0 Å². The topological polar surface area (TPSA) is 24.7 Å². The zero-order chi connectivity index (χ0) is 7.70. The van der Waals surface area contributed by atoms with E-state index in [2.05, 4.69) is 10.2 Å². The summed E-state index contributed by atoms with van der Waals surface area (Å²) in [7, 11) is 0. The van der Waals surface area contributed by atoms with Crippen molar-refractivity contribution in [1.82, 2.24) is 0 Å². The first-order chi connectivity index (χ1) is 4.27. The van der Waals surface area contributed by atoms with E-state index < -0.39 is 0 Å². The second-order valence-electron chi connectivity index (χ2n) is 1.42. The average molecular weight is 128 g/mol. The molecule has 0 aromatic rings. The van der Waals surface area contributed by atoms with Crippen molar-refractivity contribution in [3.8, 4) is 0 Å². The molecule has 2 nitrogen and oxygen atoms in total. The highest BCUT2D eigenvalue weighted by Crippen LogP contribution is 1.72. The van der Waals surface area contributed by atoms with Gasteiger partial charge < -0.3 is 0 Å². The number of rotatable bonds is 1. The molecule has 0 aromatic carbocycles. The standard InChI is InChI=1S/C5H10N2.C2H6/c1-4-6-7-5(2)3;1-2/h4H,1-3H3;1-2H3/b6-4-;. The molecule has 0 saturated heterocycles. The second-order valence-corrected chi connectivity index (χ2v) is 1.42. The predicted octanol–water partition coefficient (Wildman–Crippen LogP) is 2.50. The Morgan fingerprint density at radius 1 is 1.22 bits per heavy atom. The SMILES string of the molecule is C/C=N\N=C(C)C.CC. The molecule has 0 aliphatic rings. The Labute approximate surface area is 57.7 Å². The molecule has 0 fully saturated rings. The van der Waals surface area contributed by atoms with Gasteiger partial charge in [0.2, 0.25) is 0 Å². The highest BCUT2D eigenvalue weighted by Gasteiger charge is 1.67. The van der Waals surface area contributed by atoms with Crippen molar-refractivity contribution in [3.05, 3.63) is 0 Å². The van der Waals surface area contributed by atoms with Gasteiger partial charge in [-0.2, -0.15) is 10.2 Å². The lowest BCUT2D eigenvalue weighted by atomic mass is 10.5. The Morgan fingerprint density at radius 3 is 1.78 bits per heavy atom. The van der Waals surface area contributed by atoms with E-state index in [4.69, 9.17) is 0 Å². The minimum absolute atomic E-state index is 0.984. The predicted molar refractivity (Wildman–Crippen MR) is 44.3 cm³/mol. The zero-order valence-corrected chi connectivity index (χ0v) is 6.97. The van der Waals surface area contributed by atoms with Crippen molar-refractivity contribution in [2.24, 2.45) is 10.2 Å². The fourth-order valence-corrected chi connectivity index (χ4v) is 0.173. The van der Waals surface area contributed by atoms with E-state index in [0.717, 1.165) is 5.71 Å². The Hall–Kier alpha value is -0.660. The molecule has 0 spiro atoms. The smallest absolute Gasteiger partial charge is 0.0344 e. The lowest BCUT2D eigenvalue weighted by molar-refractivity contribution is 1.23. The number of hydrogen-bond acceptors (Lipinski definition) is 2. The maximum Gasteiger partial charge on any atom is 0.0344 e. The van der Waals surface area contributed by atoms with Crippen LogP contribution in [-0.2, 0) is 0 Å². The van der Waals surface area contributed by atoms with Crippen molar-refractivity contribution in [1.29, 1.82) is 0 Å². The van der Waals surface area contributed by atoms with Crippen molar-refractivity contribution in [2.45, 2.75) is 34.6 Å². The van der Waals surface area contributed by atoms with E-state index >= 15 is 0 Å².